The van der Waals surface area contributed by atoms with Gasteiger partial charge in [-0.2, -0.15) is 0 Å². The second kappa shape index (κ2) is 10.1. The molecule has 8 heteroatoms. The monoisotopic (exact) mass is 461 g/mol. The van der Waals surface area contributed by atoms with Crippen molar-refractivity contribution in [2.45, 2.75) is 85.2 Å². The van der Waals surface area contributed by atoms with Gasteiger partial charge in [0.25, 0.3) is 0 Å². The highest BCUT2D eigenvalue weighted by Gasteiger charge is 2.40. The summed E-state index contributed by atoms with van der Waals surface area (Å²) in [4.78, 5) is 42.0. The molecular formula is C25H39N3O5. The van der Waals surface area contributed by atoms with Gasteiger partial charge < -0.3 is 20.1 Å². The highest BCUT2D eigenvalue weighted by molar-refractivity contribution is 5.91. The van der Waals surface area contributed by atoms with E-state index in [1.54, 1.807) is 32.6 Å². The van der Waals surface area contributed by atoms with Gasteiger partial charge >= 0.3 is 6.09 Å². The van der Waals surface area contributed by atoms with E-state index in [2.05, 4.69) is 5.32 Å². The molecule has 184 valence electrons. The second-order valence-electron chi connectivity index (χ2n) is 10.9. The predicted octanol–water partition coefficient (Wildman–Crippen LogP) is 2.72. The van der Waals surface area contributed by atoms with Crippen LogP contribution in [-0.4, -0.2) is 70.2 Å². The van der Waals surface area contributed by atoms with Crippen LogP contribution in [0.25, 0.3) is 0 Å². The molecule has 1 aromatic carbocycles. The number of benzene rings is 1. The average molecular weight is 462 g/mol. The number of ether oxygens (including phenoxy) is 1. The van der Waals surface area contributed by atoms with Crippen LogP contribution in [0.3, 0.4) is 0 Å². The van der Waals surface area contributed by atoms with Gasteiger partial charge in [0, 0.05) is 13.6 Å². The zero-order chi connectivity index (χ0) is 25.1. The summed E-state index contributed by atoms with van der Waals surface area (Å²) in [5.41, 5.74) is 0.876. The molecule has 1 aromatic rings. The van der Waals surface area contributed by atoms with Crippen LogP contribution in [-0.2, 0) is 27.3 Å². The third-order valence-corrected chi connectivity index (χ3v) is 5.89. The maximum Gasteiger partial charge on any atom is 0.410 e. The number of amides is 3. The Balaban J connectivity index is 2.21. The molecule has 1 aliphatic heterocycles. The lowest BCUT2D eigenvalue weighted by molar-refractivity contribution is -0.144. The van der Waals surface area contributed by atoms with Gasteiger partial charge in [-0.15, -0.1) is 0 Å². The van der Waals surface area contributed by atoms with Crippen molar-refractivity contribution in [2.24, 2.45) is 5.41 Å². The number of hydrogen-bond donors (Lipinski definition) is 2. The van der Waals surface area contributed by atoms with Crippen LogP contribution in [0.5, 0.6) is 0 Å². The van der Waals surface area contributed by atoms with Crippen molar-refractivity contribution >= 4 is 17.9 Å². The number of likely N-dealkylation sites (N-methyl/N-ethyl adjacent to an activating group) is 1. The lowest BCUT2D eigenvalue weighted by Gasteiger charge is -2.41. The Bertz CT molecular complexity index is 872. The molecule has 2 rings (SSSR count). The minimum absolute atomic E-state index is 0.164. The number of carbonyl (C=O) groups excluding carboxylic acids is 3. The fourth-order valence-corrected chi connectivity index (χ4v) is 3.75. The van der Waals surface area contributed by atoms with Crippen molar-refractivity contribution in [3.05, 3.63) is 35.4 Å². The zero-order valence-electron chi connectivity index (χ0n) is 21.1. The summed E-state index contributed by atoms with van der Waals surface area (Å²) in [5.74, 6) is -0.703. The summed E-state index contributed by atoms with van der Waals surface area (Å²) >= 11 is 0. The SMILES string of the molecule is CC(C(=O)NC(C(=O)N1Cc2ccccc2CC1CO)C(C)(C)C)N(C)C(=O)OC(C)(C)C. The van der Waals surface area contributed by atoms with Gasteiger partial charge in [0.05, 0.1) is 12.6 Å². The minimum atomic E-state index is -0.840. The summed E-state index contributed by atoms with van der Waals surface area (Å²) in [6, 6.07) is 5.83. The fraction of sp³-hybridized carbons (Fsp3) is 0.640. The molecule has 0 spiro atoms. The first-order valence-corrected chi connectivity index (χ1v) is 11.4. The molecule has 33 heavy (non-hydrogen) atoms. The Hall–Kier alpha value is -2.61. The number of carbonyl (C=O) groups is 3. The fourth-order valence-electron chi connectivity index (χ4n) is 3.75. The van der Waals surface area contributed by atoms with Gasteiger partial charge in [-0.3, -0.25) is 14.5 Å². The normalized spacial score (nSPS) is 18.1. The topological polar surface area (TPSA) is 99.2 Å². The molecule has 0 aliphatic carbocycles. The lowest BCUT2D eigenvalue weighted by Crippen LogP contribution is -2.60. The smallest absolute Gasteiger partial charge is 0.410 e. The molecule has 0 fully saturated rings. The molecule has 8 nitrogen and oxygen atoms in total. The first kappa shape index (κ1) is 26.6. The molecule has 3 amide bonds. The maximum absolute atomic E-state index is 13.7. The molecule has 0 aromatic heterocycles. The van der Waals surface area contributed by atoms with Crippen molar-refractivity contribution < 1.29 is 24.2 Å². The molecule has 0 saturated heterocycles. The molecule has 1 aliphatic rings. The Morgan fingerprint density at radius 1 is 1.15 bits per heavy atom. The van der Waals surface area contributed by atoms with Crippen LogP contribution >= 0.6 is 0 Å². The van der Waals surface area contributed by atoms with Crippen molar-refractivity contribution in [2.75, 3.05) is 13.7 Å². The van der Waals surface area contributed by atoms with E-state index in [-0.39, 0.29) is 18.6 Å². The summed E-state index contributed by atoms with van der Waals surface area (Å²) < 4.78 is 5.35. The summed E-state index contributed by atoms with van der Waals surface area (Å²) in [7, 11) is 1.50. The van der Waals surface area contributed by atoms with Gasteiger partial charge in [0.15, 0.2) is 0 Å². The lowest BCUT2D eigenvalue weighted by atomic mass is 9.84. The molecule has 3 atom stereocenters. The average Bonchev–Trinajstić information content (AvgIpc) is 2.72. The van der Waals surface area contributed by atoms with E-state index in [9.17, 15) is 19.5 Å². The summed E-state index contributed by atoms with van der Waals surface area (Å²) in [5, 5.41) is 12.8. The molecule has 0 saturated carbocycles. The highest BCUT2D eigenvalue weighted by Crippen LogP contribution is 2.28. The summed E-state index contributed by atoms with van der Waals surface area (Å²) in [6.45, 7) is 12.7. The van der Waals surface area contributed by atoms with Crippen LogP contribution in [0.4, 0.5) is 4.79 Å². The number of aliphatic hydroxyl groups is 1. The van der Waals surface area contributed by atoms with Gasteiger partial charge in [-0.1, -0.05) is 45.0 Å². The molecule has 3 unspecified atom stereocenters. The first-order valence-electron chi connectivity index (χ1n) is 11.4. The van der Waals surface area contributed by atoms with Gasteiger partial charge in [-0.25, -0.2) is 4.79 Å². The predicted molar refractivity (Wildman–Crippen MR) is 126 cm³/mol. The molecule has 1 heterocycles. The number of rotatable bonds is 5. The highest BCUT2D eigenvalue weighted by atomic mass is 16.6. The van der Waals surface area contributed by atoms with Crippen molar-refractivity contribution in [1.29, 1.82) is 0 Å². The van der Waals surface area contributed by atoms with Crippen LogP contribution < -0.4 is 5.32 Å². The maximum atomic E-state index is 13.7. The third-order valence-electron chi connectivity index (χ3n) is 5.89. The largest absolute Gasteiger partial charge is 0.444 e. The molecule has 0 radical (unpaired) electrons. The molecular weight excluding hydrogens is 422 g/mol. The van der Waals surface area contributed by atoms with Crippen LogP contribution in [0.2, 0.25) is 0 Å². The van der Waals surface area contributed by atoms with E-state index in [1.807, 2.05) is 45.0 Å². The summed E-state index contributed by atoms with van der Waals surface area (Å²) in [6.07, 6.45) is -0.0575. The van der Waals surface area contributed by atoms with E-state index in [0.717, 1.165) is 11.1 Å². The van der Waals surface area contributed by atoms with Gasteiger partial charge in [-0.05, 0) is 50.7 Å². The number of fused-ring (bicyclic) bond motifs is 1. The standard InChI is InChI=1S/C25H39N3O5/c1-16(27(8)23(32)33-25(5,6)7)21(30)26-20(24(2,3)4)22(31)28-14-18-12-10-9-11-17(18)13-19(28)15-29/h9-12,16,19-20,29H,13-15H2,1-8H3,(H,26,30). The van der Waals surface area contributed by atoms with E-state index in [4.69, 9.17) is 4.74 Å². The Labute approximate surface area is 197 Å². The van der Waals surface area contributed by atoms with E-state index < -0.39 is 35.1 Å². The third kappa shape index (κ3) is 6.69. The number of nitrogens with one attached hydrogen (secondary N) is 1. The Morgan fingerprint density at radius 2 is 1.73 bits per heavy atom. The minimum Gasteiger partial charge on any atom is -0.444 e. The zero-order valence-corrected chi connectivity index (χ0v) is 21.1. The van der Waals surface area contributed by atoms with E-state index in [1.165, 1.54) is 11.9 Å². The Kier molecular flexibility index (Phi) is 8.17. The number of hydrogen-bond acceptors (Lipinski definition) is 5. The van der Waals surface area contributed by atoms with Crippen molar-refractivity contribution in [1.82, 2.24) is 15.1 Å². The Morgan fingerprint density at radius 3 is 2.24 bits per heavy atom. The quantitative estimate of drug-likeness (QED) is 0.702. The first-order chi connectivity index (χ1) is 15.2. The molecule has 0 bridgehead atoms. The number of aliphatic hydroxyl groups excluding tert-OH is 1. The number of nitrogens with zero attached hydrogens (tertiary/aromatic N) is 2. The van der Waals surface area contributed by atoms with Crippen molar-refractivity contribution in [3.8, 4) is 0 Å². The van der Waals surface area contributed by atoms with E-state index >= 15 is 0 Å². The van der Waals surface area contributed by atoms with E-state index in [0.29, 0.717) is 13.0 Å². The van der Waals surface area contributed by atoms with Crippen molar-refractivity contribution in [3.63, 3.8) is 0 Å². The van der Waals surface area contributed by atoms with Crippen LogP contribution in [0.1, 0.15) is 59.6 Å². The molecule has 2 N–H and O–H groups in total. The van der Waals surface area contributed by atoms with Crippen LogP contribution in [0, 0.1) is 5.41 Å². The van der Waals surface area contributed by atoms with Gasteiger partial charge in [0.2, 0.25) is 11.8 Å². The van der Waals surface area contributed by atoms with Crippen LogP contribution in [0.15, 0.2) is 24.3 Å². The second-order valence-corrected chi connectivity index (χ2v) is 10.9. The van der Waals surface area contributed by atoms with Gasteiger partial charge in [0.1, 0.15) is 17.7 Å².